The average Bonchev–Trinajstić information content (AvgIpc) is 3.62. The van der Waals surface area contributed by atoms with E-state index < -0.39 is 29.6 Å². The molecule has 1 saturated carbocycles. The largest absolute Gasteiger partial charge is 0.360 e. The fourth-order valence-corrected chi connectivity index (χ4v) is 6.70. The van der Waals surface area contributed by atoms with Crippen molar-refractivity contribution in [3.63, 3.8) is 0 Å². The van der Waals surface area contributed by atoms with Gasteiger partial charge in [0.2, 0.25) is 17.7 Å². The van der Waals surface area contributed by atoms with Crippen molar-refractivity contribution in [2.75, 3.05) is 5.32 Å². The molecule has 5 heterocycles. The molecule has 10 heteroatoms. The molecule has 34 heavy (non-hydrogen) atoms. The molecule has 1 aliphatic carbocycles. The Labute approximate surface area is 200 Å². The summed E-state index contributed by atoms with van der Waals surface area (Å²) in [6.45, 7) is 2.04. The van der Waals surface area contributed by atoms with Crippen molar-refractivity contribution >= 4 is 34.9 Å². The van der Waals surface area contributed by atoms with Crippen LogP contribution in [0.5, 0.6) is 0 Å². The first-order valence-corrected chi connectivity index (χ1v) is 12.6. The van der Waals surface area contributed by atoms with Crippen LogP contribution < -0.4 is 10.6 Å². The molecule has 2 N–H and O–H groups in total. The number of aromatic nitrogens is 1. The quantitative estimate of drug-likeness (QED) is 0.612. The van der Waals surface area contributed by atoms with E-state index >= 15 is 0 Å². The standard InChI is InChI=1S/C24H26N4O5S/c1-13-11-17(27-33-13)26-21(29)18-16-8-9-24(32-16)19(18)23(31)28(12-15-7-4-10-34-15)20(24)22(30)25-14-5-2-3-6-14/h4,7-11,14,16,18-20H,2-3,5-6,12H2,1H3,(H,25,30)(H,26,27,29)/t16-,18+,19+,20-,24+/m1/s1. The van der Waals surface area contributed by atoms with Gasteiger partial charge in [-0.3, -0.25) is 14.4 Å². The van der Waals surface area contributed by atoms with E-state index in [1.165, 1.54) is 11.3 Å². The van der Waals surface area contributed by atoms with Crippen molar-refractivity contribution in [2.45, 2.75) is 62.9 Å². The number of carbonyl (C=O) groups excluding carboxylic acids is 3. The SMILES string of the molecule is Cc1cc(NC(=O)[C@@H]2[C@H]3C(=O)N(Cc4cccs4)[C@H](C(=O)NC4CCCC4)[C@]34C=C[C@H]2O4)no1. The molecular formula is C24H26N4O5S. The smallest absolute Gasteiger partial charge is 0.246 e. The van der Waals surface area contributed by atoms with Gasteiger partial charge < -0.3 is 24.8 Å². The maximum atomic E-state index is 13.8. The van der Waals surface area contributed by atoms with Crippen LogP contribution in [0.2, 0.25) is 0 Å². The van der Waals surface area contributed by atoms with Crippen molar-refractivity contribution in [2.24, 2.45) is 11.8 Å². The number of likely N-dealkylation sites (tertiary alicyclic amines) is 1. The van der Waals surface area contributed by atoms with E-state index in [-0.39, 0.29) is 23.8 Å². The van der Waals surface area contributed by atoms with Crippen LogP contribution in [-0.4, -0.2) is 51.6 Å². The fraction of sp³-hybridized carbons (Fsp3) is 0.500. The molecule has 2 bridgehead atoms. The number of anilines is 1. The third-order valence-electron chi connectivity index (χ3n) is 7.41. The molecule has 1 spiro atoms. The summed E-state index contributed by atoms with van der Waals surface area (Å²) in [6.07, 6.45) is 7.12. The van der Waals surface area contributed by atoms with Gasteiger partial charge in [0.25, 0.3) is 0 Å². The maximum absolute atomic E-state index is 13.8. The second-order valence-corrected chi connectivity index (χ2v) is 10.6. The zero-order valence-corrected chi connectivity index (χ0v) is 19.5. The molecule has 178 valence electrons. The Hall–Kier alpha value is -2.98. The lowest BCUT2D eigenvalue weighted by Crippen LogP contribution is -2.55. The number of ether oxygens (including phenoxy) is 1. The number of thiophene rings is 1. The predicted octanol–water partition coefficient (Wildman–Crippen LogP) is 2.39. The van der Waals surface area contributed by atoms with Crippen LogP contribution in [0.25, 0.3) is 0 Å². The van der Waals surface area contributed by atoms with E-state index in [0.717, 1.165) is 30.6 Å². The first-order valence-electron chi connectivity index (χ1n) is 11.7. The lowest BCUT2D eigenvalue weighted by molar-refractivity contribution is -0.142. The normalized spacial score (nSPS) is 31.9. The van der Waals surface area contributed by atoms with Gasteiger partial charge in [0.1, 0.15) is 17.4 Å². The molecule has 0 aromatic carbocycles. The molecule has 2 aromatic heterocycles. The Morgan fingerprint density at radius 3 is 2.82 bits per heavy atom. The predicted molar refractivity (Wildman–Crippen MR) is 123 cm³/mol. The summed E-state index contributed by atoms with van der Waals surface area (Å²) < 4.78 is 11.4. The Morgan fingerprint density at radius 1 is 1.29 bits per heavy atom. The summed E-state index contributed by atoms with van der Waals surface area (Å²) >= 11 is 1.53. The van der Waals surface area contributed by atoms with Crippen LogP contribution in [0.15, 0.2) is 40.3 Å². The lowest BCUT2D eigenvalue weighted by Gasteiger charge is -2.32. The van der Waals surface area contributed by atoms with Crippen LogP contribution >= 0.6 is 11.3 Å². The van der Waals surface area contributed by atoms with Crippen LogP contribution in [0.3, 0.4) is 0 Å². The number of aryl methyl sites for hydroxylation is 1. The van der Waals surface area contributed by atoms with Crippen molar-refractivity contribution < 1.29 is 23.6 Å². The Bertz CT molecular complexity index is 1150. The minimum Gasteiger partial charge on any atom is -0.360 e. The molecule has 0 radical (unpaired) electrons. The van der Waals surface area contributed by atoms with Gasteiger partial charge in [0.15, 0.2) is 5.82 Å². The van der Waals surface area contributed by atoms with Crippen molar-refractivity contribution in [3.8, 4) is 0 Å². The molecular weight excluding hydrogens is 456 g/mol. The third-order valence-corrected chi connectivity index (χ3v) is 8.27. The van der Waals surface area contributed by atoms with E-state index in [0.29, 0.717) is 18.1 Å². The highest BCUT2D eigenvalue weighted by atomic mass is 32.1. The molecule has 3 aliphatic heterocycles. The molecule has 2 saturated heterocycles. The van der Waals surface area contributed by atoms with Crippen molar-refractivity contribution in [1.29, 1.82) is 0 Å². The van der Waals surface area contributed by atoms with Gasteiger partial charge in [0.05, 0.1) is 24.5 Å². The number of nitrogens with zero attached hydrogens (tertiary/aromatic N) is 2. The van der Waals surface area contributed by atoms with Crippen LogP contribution in [-0.2, 0) is 25.7 Å². The highest BCUT2D eigenvalue weighted by molar-refractivity contribution is 7.09. The maximum Gasteiger partial charge on any atom is 0.246 e. The molecule has 6 rings (SSSR count). The summed E-state index contributed by atoms with van der Waals surface area (Å²) in [7, 11) is 0. The summed E-state index contributed by atoms with van der Waals surface area (Å²) in [5.41, 5.74) is -1.16. The number of hydrogen-bond donors (Lipinski definition) is 2. The third kappa shape index (κ3) is 3.31. The first kappa shape index (κ1) is 21.5. The van der Waals surface area contributed by atoms with Crippen molar-refractivity contribution in [3.05, 3.63) is 46.4 Å². The minimum absolute atomic E-state index is 0.110. The Kier molecular flexibility index (Phi) is 5.11. The Morgan fingerprint density at radius 2 is 2.12 bits per heavy atom. The molecule has 3 fully saturated rings. The number of nitrogens with one attached hydrogen (secondary N) is 2. The van der Waals surface area contributed by atoms with Gasteiger partial charge in [-0.1, -0.05) is 36.2 Å². The van der Waals surface area contributed by atoms with Gasteiger partial charge in [0, 0.05) is 17.0 Å². The molecule has 2 aromatic rings. The van der Waals surface area contributed by atoms with Crippen LogP contribution in [0, 0.1) is 18.8 Å². The Balaban J connectivity index is 1.33. The average molecular weight is 483 g/mol. The zero-order valence-electron chi connectivity index (χ0n) is 18.7. The van der Waals surface area contributed by atoms with Gasteiger partial charge in [-0.25, -0.2) is 0 Å². The second kappa shape index (κ2) is 8.06. The minimum atomic E-state index is -1.16. The topological polar surface area (TPSA) is 114 Å². The van der Waals surface area contributed by atoms with Gasteiger partial charge in [-0.05, 0) is 31.2 Å². The molecule has 9 nitrogen and oxygen atoms in total. The number of hydrogen-bond acceptors (Lipinski definition) is 7. The summed E-state index contributed by atoms with van der Waals surface area (Å²) in [5, 5.41) is 11.7. The second-order valence-electron chi connectivity index (χ2n) is 9.55. The van der Waals surface area contributed by atoms with Gasteiger partial charge >= 0.3 is 0 Å². The molecule has 3 amide bonds. The molecule has 0 unspecified atom stereocenters. The fourth-order valence-electron chi connectivity index (χ4n) is 5.99. The number of carbonyl (C=O) groups is 3. The summed E-state index contributed by atoms with van der Waals surface area (Å²) in [5.74, 6) is -1.49. The summed E-state index contributed by atoms with van der Waals surface area (Å²) in [4.78, 5) is 43.4. The van der Waals surface area contributed by atoms with Crippen LogP contribution in [0.1, 0.15) is 36.3 Å². The van der Waals surface area contributed by atoms with E-state index in [1.807, 2.05) is 29.7 Å². The number of fused-ring (bicyclic) bond motifs is 1. The van der Waals surface area contributed by atoms with Gasteiger partial charge in [-0.15, -0.1) is 11.3 Å². The van der Waals surface area contributed by atoms with Gasteiger partial charge in [-0.2, -0.15) is 0 Å². The molecule has 5 atom stereocenters. The van der Waals surface area contributed by atoms with Crippen LogP contribution in [0.4, 0.5) is 5.82 Å². The van der Waals surface area contributed by atoms with E-state index in [1.54, 1.807) is 17.9 Å². The van der Waals surface area contributed by atoms with Crippen molar-refractivity contribution in [1.82, 2.24) is 15.4 Å². The lowest BCUT2D eigenvalue weighted by atomic mass is 9.74. The highest BCUT2D eigenvalue weighted by Gasteiger charge is 2.72. The monoisotopic (exact) mass is 482 g/mol. The van der Waals surface area contributed by atoms with E-state index in [9.17, 15) is 14.4 Å². The molecule has 4 aliphatic rings. The summed E-state index contributed by atoms with van der Waals surface area (Å²) in [6, 6.07) is 4.76. The van der Waals surface area contributed by atoms with E-state index in [2.05, 4.69) is 15.8 Å². The number of rotatable bonds is 6. The zero-order chi connectivity index (χ0) is 23.4. The first-order chi connectivity index (χ1) is 16.5. The van der Waals surface area contributed by atoms with E-state index in [4.69, 9.17) is 9.26 Å². The highest BCUT2D eigenvalue weighted by Crippen LogP contribution is 2.55. The number of amides is 3.